The van der Waals surface area contributed by atoms with Gasteiger partial charge in [-0.15, -0.1) is 0 Å². The van der Waals surface area contributed by atoms with Crippen molar-refractivity contribution < 1.29 is 4.74 Å². The molecule has 112 valence electrons. The summed E-state index contributed by atoms with van der Waals surface area (Å²) in [7, 11) is 0. The largest absolute Gasteiger partial charge is 0.475 e. The van der Waals surface area contributed by atoms with Crippen molar-refractivity contribution in [2.24, 2.45) is 5.92 Å². The fourth-order valence-corrected chi connectivity index (χ4v) is 2.80. The summed E-state index contributed by atoms with van der Waals surface area (Å²) in [5.41, 5.74) is 0.945. The Hall–Kier alpha value is -1.32. The van der Waals surface area contributed by atoms with Crippen LogP contribution in [0.2, 0.25) is 0 Å². The van der Waals surface area contributed by atoms with Crippen LogP contribution in [0.15, 0.2) is 6.07 Å². The first-order valence-corrected chi connectivity index (χ1v) is 7.85. The number of nitrogens with zero attached hydrogens (tertiary/aromatic N) is 2. The Balaban J connectivity index is 1.97. The number of hydrogen-bond acceptors (Lipinski definition) is 4. The molecule has 20 heavy (non-hydrogen) atoms. The Labute approximate surface area is 122 Å². The lowest BCUT2D eigenvalue weighted by Crippen LogP contribution is -2.27. The van der Waals surface area contributed by atoms with Crippen LogP contribution in [0.1, 0.15) is 58.6 Å². The summed E-state index contributed by atoms with van der Waals surface area (Å²) in [6, 6.07) is 2.39. The molecule has 0 amide bonds. The first kappa shape index (κ1) is 15.1. The Morgan fingerprint density at radius 1 is 1.25 bits per heavy atom. The van der Waals surface area contributed by atoms with Crippen molar-refractivity contribution in [3.05, 3.63) is 11.8 Å². The van der Waals surface area contributed by atoms with Crippen LogP contribution in [0.3, 0.4) is 0 Å². The molecule has 1 aromatic heterocycles. The molecule has 1 fully saturated rings. The summed E-state index contributed by atoms with van der Waals surface area (Å²) in [5, 5.41) is 3.48. The summed E-state index contributed by atoms with van der Waals surface area (Å²) in [5.74, 6) is 2.28. The standard InChI is InChI=1S/C16H27N3O/c1-5-13-6-8-14(9-7-13)18-16-17-12(4)10-15(19-16)20-11(2)3/h10-11,13-14H,5-9H2,1-4H3,(H,17,18,19). The third-order valence-electron chi connectivity index (χ3n) is 3.94. The van der Waals surface area contributed by atoms with Crippen LogP contribution in [0.5, 0.6) is 5.88 Å². The maximum absolute atomic E-state index is 5.67. The number of aromatic nitrogens is 2. The van der Waals surface area contributed by atoms with Crippen molar-refractivity contribution >= 4 is 5.95 Å². The van der Waals surface area contributed by atoms with E-state index in [-0.39, 0.29) is 6.10 Å². The van der Waals surface area contributed by atoms with Gasteiger partial charge in [-0.1, -0.05) is 13.3 Å². The summed E-state index contributed by atoms with van der Waals surface area (Å²) >= 11 is 0. The SMILES string of the molecule is CCC1CCC(Nc2nc(C)cc(OC(C)C)n2)CC1. The monoisotopic (exact) mass is 277 g/mol. The molecular formula is C16H27N3O. The van der Waals surface area contributed by atoms with Crippen molar-refractivity contribution in [2.45, 2.75) is 71.9 Å². The van der Waals surface area contributed by atoms with Gasteiger partial charge >= 0.3 is 0 Å². The van der Waals surface area contributed by atoms with Crippen LogP contribution in [0.4, 0.5) is 5.95 Å². The van der Waals surface area contributed by atoms with E-state index in [1.807, 2.05) is 26.8 Å². The highest BCUT2D eigenvalue weighted by Gasteiger charge is 2.20. The van der Waals surface area contributed by atoms with Crippen LogP contribution in [0, 0.1) is 12.8 Å². The summed E-state index contributed by atoms with van der Waals surface area (Å²) in [6.45, 7) is 8.29. The minimum atomic E-state index is 0.136. The van der Waals surface area contributed by atoms with E-state index in [4.69, 9.17) is 4.74 Å². The quantitative estimate of drug-likeness (QED) is 0.885. The van der Waals surface area contributed by atoms with E-state index in [9.17, 15) is 0 Å². The predicted molar refractivity (Wildman–Crippen MR) is 82.2 cm³/mol. The molecule has 1 aromatic rings. The molecule has 0 unspecified atom stereocenters. The molecule has 1 saturated carbocycles. The minimum absolute atomic E-state index is 0.136. The van der Waals surface area contributed by atoms with E-state index in [0.29, 0.717) is 17.9 Å². The lowest BCUT2D eigenvalue weighted by molar-refractivity contribution is 0.232. The van der Waals surface area contributed by atoms with E-state index in [1.54, 1.807) is 0 Å². The molecule has 1 N–H and O–H groups in total. The smallest absolute Gasteiger partial charge is 0.226 e. The molecule has 2 rings (SSSR count). The van der Waals surface area contributed by atoms with Crippen LogP contribution in [-0.4, -0.2) is 22.1 Å². The van der Waals surface area contributed by atoms with Crippen molar-refractivity contribution in [3.8, 4) is 5.88 Å². The molecule has 4 nitrogen and oxygen atoms in total. The lowest BCUT2D eigenvalue weighted by Gasteiger charge is -2.28. The Morgan fingerprint density at radius 2 is 1.95 bits per heavy atom. The molecule has 0 saturated heterocycles. The van der Waals surface area contributed by atoms with Gasteiger partial charge in [0.25, 0.3) is 0 Å². The predicted octanol–water partition coefficient (Wildman–Crippen LogP) is 3.95. The van der Waals surface area contributed by atoms with Gasteiger partial charge in [0.2, 0.25) is 11.8 Å². The van der Waals surface area contributed by atoms with Gasteiger partial charge in [-0.25, -0.2) is 4.98 Å². The second-order valence-corrected chi connectivity index (χ2v) is 6.11. The molecule has 0 aromatic carbocycles. The first-order chi connectivity index (χ1) is 9.56. The molecule has 0 bridgehead atoms. The third-order valence-corrected chi connectivity index (χ3v) is 3.94. The van der Waals surface area contributed by atoms with Gasteiger partial charge in [-0.3, -0.25) is 0 Å². The first-order valence-electron chi connectivity index (χ1n) is 7.85. The van der Waals surface area contributed by atoms with E-state index < -0.39 is 0 Å². The normalized spacial score (nSPS) is 22.9. The van der Waals surface area contributed by atoms with Gasteiger partial charge in [0.15, 0.2) is 0 Å². The molecule has 0 atom stereocenters. The number of ether oxygens (including phenoxy) is 1. The van der Waals surface area contributed by atoms with Gasteiger partial charge in [0, 0.05) is 17.8 Å². The van der Waals surface area contributed by atoms with Crippen LogP contribution in [-0.2, 0) is 0 Å². The molecule has 1 aliphatic rings. The van der Waals surface area contributed by atoms with Gasteiger partial charge < -0.3 is 10.1 Å². The molecule has 0 aliphatic heterocycles. The topological polar surface area (TPSA) is 47.0 Å². The van der Waals surface area contributed by atoms with E-state index in [0.717, 1.165) is 11.6 Å². The highest BCUT2D eigenvalue weighted by molar-refractivity contribution is 5.32. The Morgan fingerprint density at radius 3 is 2.55 bits per heavy atom. The second-order valence-electron chi connectivity index (χ2n) is 6.11. The average molecular weight is 277 g/mol. The lowest BCUT2D eigenvalue weighted by atomic mass is 9.85. The fraction of sp³-hybridized carbons (Fsp3) is 0.750. The molecule has 0 radical (unpaired) electrons. The van der Waals surface area contributed by atoms with E-state index in [2.05, 4.69) is 22.2 Å². The van der Waals surface area contributed by atoms with E-state index >= 15 is 0 Å². The highest BCUT2D eigenvalue weighted by atomic mass is 16.5. The summed E-state index contributed by atoms with van der Waals surface area (Å²) in [4.78, 5) is 8.93. The van der Waals surface area contributed by atoms with Crippen LogP contribution < -0.4 is 10.1 Å². The molecule has 4 heteroatoms. The van der Waals surface area contributed by atoms with Crippen LogP contribution >= 0.6 is 0 Å². The molecule has 1 aliphatic carbocycles. The minimum Gasteiger partial charge on any atom is -0.475 e. The van der Waals surface area contributed by atoms with E-state index in [1.165, 1.54) is 32.1 Å². The zero-order valence-electron chi connectivity index (χ0n) is 13.1. The zero-order chi connectivity index (χ0) is 14.5. The Bertz CT molecular complexity index is 426. The van der Waals surface area contributed by atoms with Gasteiger partial charge in [-0.05, 0) is 52.4 Å². The van der Waals surface area contributed by atoms with Gasteiger partial charge in [0.05, 0.1) is 6.10 Å². The summed E-state index contributed by atoms with van der Waals surface area (Å²) in [6.07, 6.45) is 6.51. The van der Waals surface area contributed by atoms with Crippen LogP contribution in [0.25, 0.3) is 0 Å². The number of nitrogens with one attached hydrogen (secondary N) is 1. The zero-order valence-corrected chi connectivity index (χ0v) is 13.1. The molecular weight excluding hydrogens is 250 g/mol. The number of hydrogen-bond donors (Lipinski definition) is 1. The van der Waals surface area contributed by atoms with Crippen molar-refractivity contribution in [1.82, 2.24) is 9.97 Å². The average Bonchev–Trinajstić information content (AvgIpc) is 2.38. The molecule has 0 spiro atoms. The fourth-order valence-electron chi connectivity index (χ4n) is 2.80. The Kier molecular flexibility index (Phi) is 5.21. The number of aryl methyl sites for hydroxylation is 1. The third kappa shape index (κ3) is 4.36. The maximum Gasteiger partial charge on any atom is 0.226 e. The van der Waals surface area contributed by atoms with Crippen molar-refractivity contribution in [2.75, 3.05) is 5.32 Å². The highest BCUT2D eigenvalue weighted by Crippen LogP contribution is 2.28. The van der Waals surface area contributed by atoms with Gasteiger partial charge in [-0.2, -0.15) is 4.98 Å². The number of rotatable bonds is 5. The number of anilines is 1. The second kappa shape index (κ2) is 6.91. The van der Waals surface area contributed by atoms with Gasteiger partial charge in [0.1, 0.15) is 0 Å². The van der Waals surface area contributed by atoms with Crippen molar-refractivity contribution in [1.29, 1.82) is 0 Å². The van der Waals surface area contributed by atoms with Crippen molar-refractivity contribution in [3.63, 3.8) is 0 Å². The molecule has 1 heterocycles. The summed E-state index contributed by atoms with van der Waals surface area (Å²) < 4.78 is 5.67. The maximum atomic E-state index is 5.67.